The minimum Gasteiger partial charge on any atom is -0.463 e. The summed E-state index contributed by atoms with van der Waals surface area (Å²) in [6.45, 7) is 1.10. The summed E-state index contributed by atoms with van der Waals surface area (Å²) in [5.41, 5.74) is -2.10. The molecule has 138 valence electrons. The Balaban J connectivity index is 1.73. The molecular weight excluding hydrogens is 349 g/mol. The van der Waals surface area contributed by atoms with Crippen LogP contribution in [0.4, 0.5) is 13.2 Å². The second-order valence-corrected chi connectivity index (χ2v) is 6.02. The van der Waals surface area contributed by atoms with E-state index < -0.39 is 29.9 Å². The predicted molar refractivity (Wildman–Crippen MR) is 88.6 cm³/mol. The van der Waals surface area contributed by atoms with Crippen molar-refractivity contribution in [3.8, 4) is 0 Å². The van der Waals surface area contributed by atoms with Gasteiger partial charge in [0.1, 0.15) is 11.5 Å². The standard InChI is InChI=1S/C18H17F3N2O3/c1-11-6-7-15(26-11)17(25,18(19,20)21)8-9-22-16(24)13-10-23-14-5-3-2-4-12(13)14/h2-7,10,23,25H,8-9H2,1H3,(H,22,24)/t17-/m0/s1. The van der Waals surface area contributed by atoms with Crippen LogP contribution in [0.3, 0.4) is 0 Å². The zero-order valence-electron chi connectivity index (χ0n) is 13.9. The maximum atomic E-state index is 13.4. The van der Waals surface area contributed by atoms with Gasteiger partial charge in [-0.25, -0.2) is 0 Å². The molecule has 0 aliphatic rings. The van der Waals surface area contributed by atoms with Crippen molar-refractivity contribution in [2.45, 2.75) is 25.1 Å². The molecule has 3 rings (SSSR count). The van der Waals surface area contributed by atoms with Crippen LogP contribution in [0, 0.1) is 6.92 Å². The van der Waals surface area contributed by atoms with Crippen molar-refractivity contribution in [2.75, 3.05) is 6.54 Å². The van der Waals surface area contributed by atoms with Gasteiger partial charge in [0.25, 0.3) is 5.91 Å². The number of amides is 1. The Kier molecular flexibility index (Phi) is 4.53. The number of H-pyrrole nitrogens is 1. The number of aryl methyl sites for hydroxylation is 1. The number of hydrogen-bond acceptors (Lipinski definition) is 3. The maximum Gasteiger partial charge on any atom is 0.424 e. The Hall–Kier alpha value is -2.74. The van der Waals surface area contributed by atoms with Crippen LogP contribution < -0.4 is 5.32 Å². The van der Waals surface area contributed by atoms with E-state index in [2.05, 4.69) is 10.3 Å². The summed E-state index contributed by atoms with van der Waals surface area (Å²) in [6.07, 6.45) is -4.22. The van der Waals surface area contributed by atoms with Gasteiger partial charge in [-0.1, -0.05) is 18.2 Å². The topological polar surface area (TPSA) is 78.3 Å². The van der Waals surface area contributed by atoms with E-state index in [1.54, 1.807) is 24.3 Å². The Morgan fingerprint density at radius 3 is 2.62 bits per heavy atom. The molecule has 3 aromatic rings. The largest absolute Gasteiger partial charge is 0.463 e. The number of alkyl halides is 3. The van der Waals surface area contributed by atoms with Crippen molar-refractivity contribution < 1.29 is 27.5 Å². The van der Waals surface area contributed by atoms with E-state index >= 15 is 0 Å². The third kappa shape index (κ3) is 3.20. The highest BCUT2D eigenvalue weighted by molar-refractivity contribution is 6.06. The molecule has 0 aliphatic carbocycles. The molecule has 0 bridgehead atoms. The number of aromatic amines is 1. The third-order valence-electron chi connectivity index (χ3n) is 4.22. The van der Waals surface area contributed by atoms with Crippen LogP contribution >= 0.6 is 0 Å². The van der Waals surface area contributed by atoms with Crippen LogP contribution in [0.1, 0.15) is 28.3 Å². The van der Waals surface area contributed by atoms with Gasteiger partial charge >= 0.3 is 6.18 Å². The molecule has 5 nitrogen and oxygen atoms in total. The van der Waals surface area contributed by atoms with E-state index in [9.17, 15) is 23.1 Å². The highest BCUT2D eigenvalue weighted by Gasteiger charge is 2.56. The molecule has 2 aromatic heterocycles. The van der Waals surface area contributed by atoms with Crippen molar-refractivity contribution in [3.05, 3.63) is 59.7 Å². The summed E-state index contributed by atoms with van der Waals surface area (Å²) in [6, 6.07) is 9.51. The smallest absolute Gasteiger partial charge is 0.424 e. The van der Waals surface area contributed by atoms with Crippen LogP contribution in [0.25, 0.3) is 10.9 Å². The van der Waals surface area contributed by atoms with Gasteiger partial charge in [-0.2, -0.15) is 13.2 Å². The van der Waals surface area contributed by atoms with Gasteiger partial charge in [0.05, 0.1) is 5.56 Å². The molecule has 0 saturated heterocycles. The summed E-state index contributed by atoms with van der Waals surface area (Å²) in [5.74, 6) is -0.864. The first-order valence-corrected chi connectivity index (χ1v) is 7.93. The van der Waals surface area contributed by atoms with Gasteiger partial charge in [-0.05, 0) is 25.1 Å². The fraction of sp³-hybridized carbons (Fsp3) is 0.278. The number of fused-ring (bicyclic) bond motifs is 1. The molecule has 0 fully saturated rings. The number of aliphatic hydroxyl groups is 1. The number of hydrogen-bond donors (Lipinski definition) is 3. The maximum absolute atomic E-state index is 13.4. The number of rotatable bonds is 5. The van der Waals surface area contributed by atoms with Gasteiger partial charge in [-0.3, -0.25) is 4.79 Å². The van der Waals surface area contributed by atoms with Crippen LogP contribution in [0.5, 0.6) is 0 Å². The van der Waals surface area contributed by atoms with Crippen LogP contribution in [0.2, 0.25) is 0 Å². The zero-order valence-corrected chi connectivity index (χ0v) is 13.9. The van der Waals surface area contributed by atoms with Crippen LogP contribution in [-0.2, 0) is 5.60 Å². The number of carbonyl (C=O) groups excluding carboxylic acids is 1. The van der Waals surface area contributed by atoms with Crippen molar-refractivity contribution in [2.24, 2.45) is 0 Å². The predicted octanol–water partition coefficient (Wildman–Crippen LogP) is 3.64. The summed E-state index contributed by atoms with van der Waals surface area (Å²) >= 11 is 0. The number of benzene rings is 1. The molecule has 0 saturated carbocycles. The Morgan fingerprint density at radius 1 is 1.23 bits per heavy atom. The molecule has 1 amide bonds. The third-order valence-corrected chi connectivity index (χ3v) is 4.22. The van der Waals surface area contributed by atoms with E-state index in [4.69, 9.17) is 4.42 Å². The molecular formula is C18H17F3N2O3. The van der Waals surface area contributed by atoms with Crippen molar-refractivity contribution in [1.29, 1.82) is 0 Å². The van der Waals surface area contributed by atoms with E-state index in [1.807, 2.05) is 0 Å². The second kappa shape index (κ2) is 6.53. The number of aromatic nitrogens is 1. The Bertz CT molecular complexity index is 929. The number of furan rings is 1. The number of carbonyl (C=O) groups is 1. The van der Waals surface area contributed by atoms with Crippen LogP contribution in [0.15, 0.2) is 47.0 Å². The highest BCUT2D eigenvalue weighted by atomic mass is 19.4. The van der Waals surface area contributed by atoms with E-state index in [0.29, 0.717) is 10.9 Å². The zero-order chi connectivity index (χ0) is 18.9. The monoisotopic (exact) mass is 366 g/mol. The average molecular weight is 366 g/mol. The molecule has 0 unspecified atom stereocenters. The lowest BCUT2D eigenvalue weighted by Crippen LogP contribution is -2.44. The molecule has 1 atom stereocenters. The lowest BCUT2D eigenvalue weighted by Gasteiger charge is -2.28. The van der Waals surface area contributed by atoms with Gasteiger partial charge in [0.15, 0.2) is 0 Å². The van der Waals surface area contributed by atoms with Crippen molar-refractivity contribution in [3.63, 3.8) is 0 Å². The molecule has 3 N–H and O–H groups in total. The Labute approximate surface area is 146 Å². The fourth-order valence-corrected chi connectivity index (χ4v) is 2.77. The summed E-state index contributed by atoms with van der Waals surface area (Å²) in [5, 5.41) is 13.3. The van der Waals surface area contributed by atoms with Crippen molar-refractivity contribution in [1.82, 2.24) is 10.3 Å². The number of para-hydroxylation sites is 1. The first-order chi connectivity index (χ1) is 12.2. The molecule has 0 spiro atoms. The lowest BCUT2D eigenvalue weighted by molar-refractivity contribution is -0.274. The first kappa shape index (κ1) is 18.1. The Morgan fingerprint density at radius 2 is 1.96 bits per heavy atom. The fourth-order valence-electron chi connectivity index (χ4n) is 2.77. The quantitative estimate of drug-likeness (QED) is 0.645. The van der Waals surface area contributed by atoms with E-state index in [-0.39, 0.29) is 12.3 Å². The molecule has 26 heavy (non-hydrogen) atoms. The lowest BCUT2D eigenvalue weighted by atomic mass is 9.95. The molecule has 0 aliphatic heterocycles. The van der Waals surface area contributed by atoms with Gasteiger partial charge < -0.3 is 19.8 Å². The average Bonchev–Trinajstić information content (AvgIpc) is 3.20. The van der Waals surface area contributed by atoms with Crippen molar-refractivity contribution >= 4 is 16.8 Å². The van der Waals surface area contributed by atoms with Gasteiger partial charge in [-0.15, -0.1) is 0 Å². The van der Waals surface area contributed by atoms with Gasteiger partial charge in [0, 0.05) is 30.1 Å². The SMILES string of the molecule is Cc1ccc([C@@](O)(CCNC(=O)c2c[nH]c3ccccc23)C(F)(F)F)o1. The highest BCUT2D eigenvalue weighted by Crippen LogP contribution is 2.42. The summed E-state index contributed by atoms with van der Waals surface area (Å²) < 4.78 is 45.1. The van der Waals surface area contributed by atoms with Gasteiger partial charge in [0.2, 0.25) is 5.60 Å². The number of nitrogens with one attached hydrogen (secondary N) is 2. The summed E-state index contributed by atoms with van der Waals surface area (Å²) in [7, 11) is 0. The minimum absolute atomic E-state index is 0.255. The first-order valence-electron chi connectivity index (χ1n) is 7.93. The molecule has 2 heterocycles. The minimum atomic E-state index is -4.94. The van der Waals surface area contributed by atoms with E-state index in [0.717, 1.165) is 11.6 Å². The molecule has 8 heteroatoms. The molecule has 0 radical (unpaired) electrons. The van der Waals surface area contributed by atoms with Crippen LogP contribution in [-0.4, -0.2) is 28.7 Å². The normalized spacial score (nSPS) is 14.3. The second-order valence-electron chi connectivity index (χ2n) is 6.02. The van der Waals surface area contributed by atoms with E-state index in [1.165, 1.54) is 19.2 Å². The number of halogens is 3. The molecule has 1 aromatic carbocycles. The summed E-state index contributed by atoms with van der Waals surface area (Å²) in [4.78, 5) is 15.2.